The van der Waals surface area contributed by atoms with Crippen molar-refractivity contribution in [3.8, 4) is 0 Å². The van der Waals surface area contributed by atoms with Gasteiger partial charge < -0.3 is 15.0 Å². The minimum atomic E-state index is -0.883. The fraction of sp³-hybridized carbons (Fsp3) is 0.438. The van der Waals surface area contributed by atoms with E-state index in [1.165, 1.54) is 25.1 Å². The molecule has 1 heterocycles. The molecule has 0 aliphatic carbocycles. The molecule has 0 saturated carbocycles. The number of amides is 2. The molecule has 1 aromatic carbocycles. The fourth-order valence-electron chi connectivity index (χ4n) is 2.37. The summed E-state index contributed by atoms with van der Waals surface area (Å²) >= 11 is 0. The number of likely N-dealkylation sites (tertiary alicyclic amines) is 1. The Morgan fingerprint density at radius 3 is 2.65 bits per heavy atom. The quantitative estimate of drug-likeness (QED) is 0.824. The number of carbonyl (C=O) groups is 3. The zero-order chi connectivity index (χ0) is 16.8. The lowest BCUT2D eigenvalue weighted by Gasteiger charge is -2.20. The van der Waals surface area contributed by atoms with Gasteiger partial charge in [0.1, 0.15) is 12.4 Å². The molecule has 1 aliphatic heterocycles. The van der Waals surface area contributed by atoms with Gasteiger partial charge in [-0.2, -0.15) is 0 Å². The topological polar surface area (TPSA) is 75.7 Å². The maximum absolute atomic E-state index is 13.0. The number of rotatable bonds is 5. The Hall–Kier alpha value is -2.44. The van der Waals surface area contributed by atoms with Gasteiger partial charge >= 0.3 is 5.97 Å². The maximum atomic E-state index is 13.0. The van der Waals surface area contributed by atoms with Gasteiger partial charge in [0.25, 0.3) is 11.8 Å². The van der Waals surface area contributed by atoms with E-state index >= 15 is 0 Å². The molecule has 124 valence electrons. The Bertz CT molecular complexity index is 599. The lowest BCUT2D eigenvalue weighted by atomic mass is 10.2. The average molecular weight is 322 g/mol. The van der Waals surface area contributed by atoms with Crippen LogP contribution < -0.4 is 5.32 Å². The van der Waals surface area contributed by atoms with Gasteiger partial charge in [0.15, 0.2) is 6.10 Å². The third kappa shape index (κ3) is 4.77. The molecular weight excluding hydrogens is 303 g/mol. The van der Waals surface area contributed by atoms with Gasteiger partial charge in [0, 0.05) is 18.7 Å². The molecular formula is C16H19FN2O4. The molecule has 0 radical (unpaired) electrons. The predicted octanol–water partition coefficient (Wildman–Crippen LogP) is 1.11. The largest absolute Gasteiger partial charge is 0.451 e. The summed E-state index contributed by atoms with van der Waals surface area (Å²) in [6.45, 7) is 2.48. The van der Waals surface area contributed by atoms with Gasteiger partial charge in [-0.05, 0) is 38.0 Å². The molecule has 7 heteroatoms. The number of nitrogens with one attached hydrogen (secondary N) is 1. The Kier molecular flexibility index (Phi) is 5.67. The summed E-state index contributed by atoms with van der Waals surface area (Å²) in [4.78, 5) is 37.1. The highest BCUT2D eigenvalue weighted by Crippen LogP contribution is 2.10. The standard InChI is InChI=1S/C16H19FN2O4/c1-11(16(22)19-7-2-3-8-19)23-14(20)10-18-15(21)12-5-4-6-13(17)9-12/h4-6,9,11H,2-3,7-8,10H2,1H3,(H,18,21)/t11-/m0/s1. The Morgan fingerprint density at radius 2 is 2.00 bits per heavy atom. The van der Waals surface area contributed by atoms with Crippen LogP contribution >= 0.6 is 0 Å². The second-order valence-corrected chi connectivity index (χ2v) is 5.36. The van der Waals surface area contributed by atoms with Crippen LogP contribution in [0.1, 0.15) is 30.1 Å². The molecule has 6 nitrogen and oxygen atoms in total. The molecule has 1 atom stereocenters. The number of hydrogen-bond donors (Lipinski definition) is 1. The van der Waals surface area contributed by atoms with Crippen LogP contribution in [-0.4, -0.2) is 48.4 Å². The smallest absolute Gasteiger partial charge is 0.326 e. The third-order valence-corrected chi connectivity index (χ3v) is 3.55. The van der Waals surface area contributed by atoms with E-state index in [2.05, 4.69) is 5.32 Å². The first kappa shape index (κ1) is 16.9. The van der Waals surface area contributed by atoms with Crippen molar-refractivity contribution in [2.24, 2.45) is 0 Å². The minimum Gasteiger partial charge on any atom is -0.451 e. The monoisotopic (exact) mass is 322 g/mol. The van der Waals surface area contributed by atoms with E-state index in [0.29, 0.717) is 13.1 Å². The van der Waals surface area contributed by atoms with Crippen molar-refractivity contribution in [1.29, 1.82) is 0 Å². The summed E-state index contributed by atoms with van der Waals surface area (Å²) in [6, 6.07) is 5.12. The van der Waals surface area contributed by atoms with Gasteiger partial charge in [-0.25, -0.2) is 4.39 Å². The molecule has 0 aromatic heterocycles. The van der Waals surface area contributed by atoms with Crippen LogP contribution in [0.2, 0.25) is 0 Å². The van der Waals surface area contributed by atoms with E-state index in [1.807, 2.05) is 0 Å². The summed E-state index contributed by atoms with van der Waals surface area (Å²) in [5, 5.41) is 2.33. The van der Waals surface area contributed by atoms with Crippen molar-refractivity contribution in [1.82, 2.24) is 10.2 Å². The zero-order valence-electron chi connectivity index (χ0n) is 12.9. The molecule has 0 bridgehead atoms. The number of hydrogen-bond acceptors (Lipinski definition) is 4. The fourth-order valence-corrected chi connectivity index (χ4v) is 2.37. The lowest BCUT2D eigenvalue weighted by molar-refractivity contribution is -0.157. The predicted molar refractivity (Wildman–Crippen MR) is 80.1 cm³/mol. The Balaban J connectivity index is 1.78. The van der Waals surface area contributed by atoms with Gasteiger partial charge in [0.05, 0.1) is 0 Å². The second kappa shape index (κ2) is 7.71. The highest BCUT2D eigenvalue weighted by atomic mass is 19.1. The third-order valence-electron chi connectivity index (χ3n) is 3.55. The van der Waals surface area contributed by atoms with E-state index in [0.717, 1.165) is 18.9 Å². The van der Waals surface area contributed by atoms with E-state index in [-0.39, 0.29) is 18.0 Å². The van der Waals surface area contributed by atoms with Crippen molar-refractivity contribution >= 4 is 17.8 Å². The van der Waals surface area contributed by atoms with Crippen LogP contribution in [0.4, 0.5) is 4.39 Å². The van der Waals surface area contributed by atoms with E-state index in [1.54, 1.807) is 4.90 Å². The van der Waals surface area contributed by atoms with Crippen molar-refractivity contribution in [3.63, 3.8) is 0 Å². The first-order chi connectivity index (χ1) is 11.0. The molecule has 1 aliphatic rings. The molecule has 1 N–H and O–H groups in total. The highest BCUT2D eigenvalue weighted by Gasteiger charge is 2.25. The molecule has 0 unspecified atom stereocenters. The number of benzene rings is 1. The Labute approximate surface area is 133 Å². The molecule has 1 aromatic rings. The number of esters is 1. The van der Waals surface area contributed by atoms with E-state index < -0.39 is 23.8 Å². The van der Waals surface area contributed by atoms with E-state index in [4.69, 9.17) is 4.74 Å². The number of halogens is 1. The average Bonchev–Trinajstić information content (AvgIpc) is 3.06. The summed E-state index contributed by atoms with van der Waals surface area (Å²) in [7, 11) is 0. The van der Waals surface area contributed by atoms with Gasteiger partial charge in [-0.1, -0.05) is 6.07 Å². The molecule has 2 rings (SSSR count). The van der Waals surface area contributed by atoms with Crippen LogP contribution in [0.15, 0.2) is 24.3 Å². The number of carbonyl (C=O) groups excluding carboxylic acids is 3. The van der Waals surface area contributed by atoms with Crippen LogP contribution in [-0.2, 0) is 14.3 Å². The van der Waals surface area contributed by atoms with Gasteiger partial charge in [0.2, 0.25) is 0 Å². The van der Waals surface area contributed by atoms with Crippen LogP contribution in [0.25, 0.3) is 0 Å². The summed E-state index contributed by atoms with van der Waals surface area (Å²) in [6.07, 6.45) is 1.03. The molecule has 23 heavy (non-hydrogen) atoms. The Morgan fingerprint density at radius 1 is 1.30 bits per heavy atom. The van der Waals surface area contributed by atoms with Crippen LogP contribution in [0.5, 0.6) is 0 Å². The first-order valence-electron chi connectivity index (χ1n) is 7.49. The SMILES string of the molecule is C[C@H](OC(=O)CNC(=O)c1cccc(F)c1)C(=O)N1CCCC1. The summed E-state index contributed by atoms with van der Waals surface area (Å²) in [5.41, 5.74) is 0.110. The minimum absolute atomic E-state index is 0.110. The molecule has 2 amide bonds. The van der Waals surface area contributed by atoms with Gasteiger partial charge in [-0.15, -0.1) is 0 Å². The lowest BCUT2D eigenvalue weighted by Crippen LogP contribution is -2.40. The zero-order valence-corrected chi connectivity index (χ0v) is 12.9. The second-order valence-electron chi connectivity index (χ2n) is 5.36. The maximum Gasteiger partial charge on any atom is 0.326 e. The van der Waals surface area contributed by atoms with Crippen molar-refractivity contribution in [2.75, 3.05) is 19.6 Å². The number of nitrogens with zero attached hydrogens (tertiary/aromatic N) is 1. The highest BCUT2D eigenvalue weighted by molar-refractivity contribution is 5.96. The van der Waals surface area contributed by atoms with Crippen molar-refractivity contribution in [2.45, 2.75) is 25.9 Å². The van der Waals surface area contributed by atoms with Crippen LogP contribution in [0.3, 0.4) is 0 Å². The molecule has 1 fully saturated rings. The molecule has 1 saturated heterocycles. The van der Waals surface area contributed by atoms with Crippen LogP contribution in [0, 0.1) is 5.82 Å². The van der Waals surface area contributed by atoms with Gasteiger partial charge in [-0.3, -0.25) is 14.4 Å². The first-order valence-corrected chi connectivity index (χ1v) is 7.49. The molecule has 0 spiro atoms. The van der Waals surface area contributed by atoms with Crippen molar-refractivity contribution < 1.29 is 23.5 Å². The summed E-state index contributed by atoms with van der Waals surface area (Å²) in [5.74, 6) is -2.06. The normalized spacial score (nSPS) is 15.1. The number of ether oxygens (including phenoxy) is 1. The summed E-state index contributed by atoms with van der Waals surface area (Å²) < 4.78 is 18.0. The van der Waals surface area contributed by atoms with E-state index in [9.17, 15) is 18.8 Å². The van der Waals surface area contributed by atoms with Crippen molar-refractivity contribution in [3.05, 3.63) is 35.6 Å².